The van der Waals surface area contributed by atoms with Crippen LogP contribution in [0.2, 0.25) is 0 Å². The van der Waals surface area contributed by atoms with Gasteiger partial charge in [0.15, 0.2) is 11.7 Å². The van der Waals surface area contributed by atoms with Gasteiger partial charge in [0.2, 0.25) is 0 Å². The molecule has 0 aliphatic carbocycles. The second-order valence-corrected chi connectivity index (χ2v) is 6.99. The third kappa shape index (κ3) is 6.86. The van der Waals surface area contributed by atoms with Crippen molar-refractivity contribution in [3.05, 3.63) is 59.0 Å². The van der Waals surface area contributed by atoms with Crippen molar-refractivity contribution in [2.75, 3.05) is 33.2 Å². The summed E-state index contributed by atoms with van der Waals surface area (Å²) in [6, 6.07) is 8.51. The van der Waals surface area contributed by atoms with Crippen LogP contribution < -0.4 is 11.1 Å². The summed E-state index contributed by atoms with van der Waals surface area (Å²) in [5.74, 6) is 0.778. The number of nitrogens with two attached hydrogens (primary N) is 1. The van der Waals surface area contributed by atoms with Crippen LogP contribution in [0.5, 0.6) is 0 Å². The van der Waals surface area contributed by atoms with E-state index in [0.717, 1.165) is 43.9 Å². The molecule has 1 aromatic heterocycles. The van der Waals surface area contributed by atoms with E-state index in [0.29, 0.717) is 24.8 Å². The van der Waals surface area contributed by atoms with Gasteiger partial charge in [-0.1, -0.05) is 12.1 Å². The highest BCUT2D eigenvalue weighted by Gasteiger charge is 2.30. The van der Waals surface area contributed by atoms with E-state index in [1.165, 1.54) is 18.2 Å². The Morgan fingerprint density at radius 3 is 2.29 bits per heavy atom. The van der Waals surface area contributed by atoms with Gasteiger partial charge in [-0.15, -0.1) is 24.0 Å². The lowest BCUT2D eigenvalue weighted by molar-refractivity contribution is -0.137. The second-order valence-electron chi connectivity index (χ2n) is 6.99. The lowest BCUT2D eigenvalue weighted by Gasteiger charge is -2.36. The average Bonchev–Trinajstić information content (AvgIpc) is 3.19. The molecule has 2 aromatic rings. The number of piperazine rings is 1. The van der Waals surface area contributed by atoms with Gasteiger partial charge < -0.3 is 20.4 Å². The number of alkyl halides is 3. The Morgan fingerprint density at radius 2 is 1.77 bits per heavy atom. The van der Waals surface area contributed by atoms with Crippen molar-refractivity contribution >= 4 is 35.8 Å². The fourth-order valence-corrected chi connectivity index (χ4v) is 3.28. The van der Waals surface area contributed by atoms with Gasteiger partial charge in [0.05, 0.1) is 12.1 Å². The molecule has 1 saturated heterocycles. The molecule has 1 aromatic carbocycles. The maximum atomic E-state index is 12.7. The number of nitrogens with zero attached hydrogens (tertiary/aromatic N) is 3. The highest BCUT2D eigenvalue weighted by Crippen LogP contribution is 2.29. The summed E-state index contributed by atoms with van der Waals surface area (Å²) in [4.78, 5) is 19.7. The topological polar surface area (TPSA) is 87.1 Å². The maximum absolute atomic E-state index is 12.7. The SMILES string of the molecule is CN=C(NCc1ccc(C(N)=O)o1)N1CCN(Cc2ccc(C(F)(F)F)cc2)CC1.I. The van der Waals surface area contributed by atoms with E-state index in [1.54, 1.807) is 13.1 Å². The number of carbonyl (C=O) groups is 1. The molecule has 0 unspecified atom stereocenters. The van der Waals surface area contributed by atoms with Gasteiger partial charge in [-0.25, -0.2) is 0 Å². The highest BCUT2D eigenvalue weighted by molar-refractivity contribution is 14.0. The van der Waals surface area contributed by atoms with Crippen molar-refractivity contribution < 1.29 is 22.4 Å². The minimum atomic E-state index is -4.32. The molecular formula is C20H25F3IN5O2. The van der Waals surface area contributed by atoms with Crippen LogP contribution in [0, 0.1) is 0 Å². The number of aliphatic imine (C=N–C) groups is 1. The van der Waals surface area contributed by atoms with Gasteiger partial charge in [-0.05, 0) is 29.8 Å². The van der Waals surface area contributed by atoms with Gasteiger partial charge in [-0.2, -0.15) is 13.2 Å². The number of halogens is 4. The fraction of sp³-hybridized carbons (Fsp3) is 0.400. The first-order chi connectivity index (χ1) is 14.3. The molecule has 1 aliphatic heterocycles. The Hall–Kier alpha value is -2.28. The average molecular weight is 551 g/mol. The standard InChI is InChI=1S/C20H24F3N5O2.HI/c1-25-19(26-12-16-6-7-17(30-16)18(24)29)28-10-8-27(9-11-28)13-14-2-4-15(5-3-14)20(21,22)23;/h2-7H,8-13H2,1H3,(H2,24,29)(H,25,26);1H. The number of carbonyl (C=O) groups excluding carboxylic acids is 1. The number of amides is 1. The lowest BCUT2D eigenvalue weighted by atomic mass is 10.1. The molecule has 1 fully saturated rings. The summed E-state index contributed by atoms with van der Waals surface area (Å²) in [5.41, 5.74) is 5.40. The van der Waals surface area contributed by atoms with Crippen molar-refractivity contribution in [2.24, 2.45) is 10.7 Å². The van der Waals surface area contributed by atoms with E-state index in [-0.39, 0.29) is 29.7 Å². The maximum Gasteiger partial charge on any atom is 0.416 e. The lowest BCUT2D eigenvalue weighted by Crippen LogP contribution is -2.52. The molecule has 2 heterocycles. The number of nitrogens with one attached hydrogen (secondary N) is 1. The molecule has 3 N–H and O–H groups in total. The van der Waals surface area contributed by atoms with Crippen molar-refractivity contribution in [3.8, 4) is 0 Å². The zero-order valence-electron chi connectivity index (χ0n) is 17.0. The van der Waals surface area contributed by atoms with E-state index < -0.39 is 17.6 Å². The van der Waals surface area contributed by atoms with Gasteiger partial charge in [0, 0.05) is 39.8 Å². The van der Waals surface area contributed by atoms with Crippen LogP contribution in [0.3, 0.4) is 0 Å². The van der Waals surface area contributed by atoms with Crippen molar-refractivity contribution in [2.45, 2.75) is 19.3 Å². The van der Waals surface area contributed by atoms with E-state index >= 15 is 0 Å². The first-order valence-electron chi connectivity index (χ1n) is 9.49. The van der Waals surface area contributed by atoms with Gasteiger partial charge in [0.1, 0.15) is 5.76 Å². The van der Waals surface area contributed by atoms with E-state index in [1.807, 2.05) is 0 Å². The first-order valence-corrected chi connectivity index (χ1v) is 9.49. The molecule has 7 nitrogen and oxygen atoms in total. The summed E-state index contributed by atoms with van der Waals surface area (Å²) in [6.07, 6.45) is -4.32. The zero-order chi connectivity index (χ0) is 21.7. The Bertz CT molecular complexity index is 891. The number of hydrogen-bond donors (Lipinski definition) is 2. The number of hydrogen-bond acceptors (Lipinski definition) is 4. The van der Waals surface area contributed by atoms with E-state index in [2.05, 4.69) is 20.1 Å². The van der Waals surface area contributed by atoms with Gasteiger partial charge in [-0.3, -0.25) is 14.7 Å². The molecule has 1 amide bonds. The van der Waals surface area contributed by atoms with Crippen molar-refractivity contribution in [1.29, 1.82) is 0 Å². The molecule has 11 heteroatoms. The molecular weight excluding hydrogens is 526 g/mol. The Balaban J connectivity index is 0.00000341. The number of guanidine groups is 1. The molecule has 31 heavy (non-hydrogen) atoms. The number of benzene rings is 1. The summed E-state index contributed by atoms with van der Waals surface area (Å²) in [6.45, 7) is 3.94. The number of rotatable bonds is 5. The van der Waals surface area contributed by atoms with Crippen molar-refractivity contribution in [1.82, 2.24) is 15.1 Å². The predicted molar refractivity (Wildman–Crippen MR) is 121 cm³/mol. The van der Waals surface area contributed by atoms with E-state index in [9.17, 15) is 18.0 Å². The quantitative estimate of drug-likeness (QED) is 0.339. The van der Waals surface area contributed by atoms with Crippen LogP contribution in [-0.4, -0.2) is 54.9 Å². The smallest absolute Gasteiger partial charge is 0.416 e. The molecule has 0 atom stereocenters. The molecule has 3 rings (SSSR count). The molecule has 0 spiro atoms. The van der Waals surface area contributed by atoms with Crippen LogP contribution >= 0.6 is 24.0 Å². The Morgan fingerprint density at radius 1 is 1.13 bits per heavy atom. The molecule has 0 bridgehead atoms. The van der Waals surface area contributed by atoms with Crippen LogP contribution in [0.25, 0.3) is 0 Å². The van der Waals surface area contributed by atoms with Gasteiger partial charge in [0.25, 0.3) is 5.91 Å². The second kappa shape index (κ2) is 10.8. The fourth-order valence-electron chi connectivity index (χ4n) is 3.28. The molecule has 170 valence electrons. The minimum Gasteiger partial charge on any atom is -0.454 e. The zero-order valence-corrected chi connectivity index (χ0v) is 19.3. The largest absolute Gasteiger partial charge is 0.454 e. The first kappa shape index (κ1) is 25.0. The summed E-state index contributed by atoms with van der Waals surface area (Å²) >= 11 is 0. The third-order valence-corrected chi connectivity index (χ3v) is 4.90. The molecule has 0 saturated carbocycles. The Kier molecular flexibility index (Phi) is 8.74. The monoisotopic (exact) mass is 551 g/mol. The molecule has 0 radical (unpaired) electrons. The van der Waals surface area contributed by atoms with Crippen LogP contribution in [0.1, 0.15) is 27.4 Å². The highest BCUT2D eigenvalue weighted by atomic mass is 127. The predicted octanol–water partition coefficient (Wildman–Crippen LogP) is 2.91. The van der Waals surface area contributed by atoms with E-state index in [4.69, 9.17) is 10.2 Å². The van der Waals surface area contributed by atoms with Crippen LogP contribution in [0.15, 0.2) is 45.8 Å². The summed E-state index contributed by atoms with van der Waals surface area (Å²) in [7, 11) is 1.69. The number of primary amides is 1. The summed E-state index contributed by atoms with van der Waals surface area (Å²) < 4.78 is 43.4. The third-order valence-electron chi connectivity index (χ3n) is 4.90. The van der Waals surface area contributed by atoms with Crippen molar-refractivity contribution in [3.63, 3.8) is 0 Å². The van der Waals surface area contributed by atoms with Crippen LogP contribution in [0.4, 0.5) is 13.2 Å². The summed E-state index contributed by atoms with van der Waals surface area (Å²) in [5, 5.41) is 3.20. The Labute approximate surface area is 195 Å². The van der Waals surface area contributed by atoms with Crippen LogP contribution in [-0.2, 0) is 19.3 Å². The minimum absolute atomic E-state index is 0. The number of furan rings is 1. The molecule has 1 aliphatic rings. The van der Waals surface area contributed by atoms with Gasteiger partial charge >= 0.3 is 6.18 Å². The normalized spacial score (nSPS) is 15.5.